The summed E-state index contributed by atoms with van der Waals surface area (Å²) in [5.41, 5.74) is 4.04. The lowest BCUT2D eigenvalue weighted by Crippen LogP contribution is -2.16. The van der Waals surface area contributed by atoms with Crippen molar-refractivity contribution in [2.45, 2.75) is 30.7 Å². The normalized spacial score (nSPS) is 15.6. The number of aryl methyl sites for hydroxylation is 1. The van der Waals surface area contributed by atoms with Crippen LogP contribution >= 0.6 is 23.5 Å². The molecule has 0 fully saturated rings. The molecule has 1 aliphatic rings. The van der Waals surface area contributed by atoms with E-state index in [-0.39, 0.29) is 5.56 Å². The van der Waals surface area contributed by atoms with Gasteiger partial charge < -0.3 is 9.30 Å². The summed E-state index contributed by atoms with van der Waals surface area (Å²) in [5.74, 6) is 1.21. The quantitative estimate of drug-likeness (QED) is 0.400. The van der Waals surface area contributed by atoms with Crippen LogP contribution in [0.3, 0.4) is 0 Å². The van der Waals surface area contributed by atoms with Crippen molar-refractivity contribution in [1.29, 1.82) is 5.26 Å². The number of methoxy groups -OCH3 is 1. The second-order valence-electron chi connectivity index (χ2n) is 6.47. The van der Waals surface area contributed by atoms with Crippen LogP contribution in [-0.2, 0) is 18.2 Å². The molecule has 0 bridgehead atoms. The molecule has 1 unspecified atom stereocenters. The summed E-state index contributed by atoms with van der Waals surface area (Å²) in [6.45, 7) is 2.85. The topological polar surface area (TPSA) is 80.8 Å². The molecular formula is C19H22N4O2S2. The summed E-state index contributed by atoms with van der Waals surface area (Å²) in [6, 6.07) is 3.90. The molecule has 0 saturated heterocycles. The maximum Gasteiger partial charge on any atom is 0.253 e. The molecule has 0 saturated carbocycles. The van der Waals surface area contributed by atoms with Crippen molar-refractivity contribution in [3.8, 4) is 17.5 Å². The van der Waals surface area contributed by atoms with E-state index in [9.17, 15) is 10.1 Å². The maximum absolute atomic E-state index is 12.1. The Morgan fingerprint density at radius 3 is 3.00 bits per heavy atom. The van der Waals surface area contributed by atoms with Crippen LogP contribution in [0.5, 0.6) is 0 Å². The highest BCUT2D eigenvalue weighted by atomic mass is 32.2. The average Bonchev–Trinajstić information content (AvgIpc) is 3.05. The van der Waals surface area contributed by atoms with Gasteiger partial charge in [-0.25, -0.2) is 9.97 Å². The molecule has 8 heteroatoms. The van der Waals surface area contributed by atoms with Crippen LogP contribution in [0.15, 0.2) is 22.2 Å². The summed E-state index contributed by atoms with van der Waals surface area (Å²) in [6.07, 6.45) is 3.37. The standard InChI is InChI=1S/C19H22N4O2S2/c1-12-4-5-13-17(12)14(9-20)19(27-11-26-7-6-25-3)22-18(13)15-8-16(24)23(2)10-21-15/h8,10,12H,4-7,11H2,1-3H3. The summed E-state index contributed by atoms with van der Waals surface area (Å²) in [4.78, 5) is 21.3. The van der Waals surface area contributed by atoms with Gasteiger partial charge >= 0.3 is 0 Å². The molecule has 142 valence electrons. The van der Waals surface area contributed by atoms with E-state index in [4.69, 9.17) is 9.72 Å². The number of fused-ring (bicyclic) bond motifs is 1. The largest absolute Gasteiger partial charge is 0.384 e. The van der Waals surface area contributed by atoms with Gasteiger partial charge in [-0.3, -0.25) is 4.79 Å². The number of hydrogen-bond acceptors (Lipinski definition) is 7. The minimum absolute atomic E-state index is 0.115. The van der Waals surface area contributed by atoms with Crippen molar-refractivity contribution in [2.24, 2.45) is 7.05 Å². The molecule has 0 spiro atoms. The van der Waals surface area contributed by atoms with Gasteiger partial charge in [0, 0.05) is 31.1 Å². The second-order valence-corrected chi connectivity index (χ2v) is 8.91. The number of hydrogen-bond donors (Lipinski definition) is 0. The predicted molar refractivity (Wildman–Crippen MR) is 109 cm³/mol. The van der Waals surface area contributed by atoms with E-state index in [1.807, 2.05) is 0 Å². The lowest BCUT2D eigenvalue weighted by Gasteiger charge is -2.15. The number of nitrogens with zero attached hydrogens (tertiary/aromatic N) is 4. The molecule has 2 aromatic heterocycles. The van der Waals surface area contributed by atoms with Crippen LogP contribution in [0, 0.1) is 11.3 Å². The molecular weight excluding hydrogens is 380 g/mol. The number of aromatic nitrogens is 3. The zero-order valence-corrected chi connectivity index (χ0v) is 17.3. The van der Waals surface area contributed by atoms with E-state index in [0.29, 0.717) is 23.8 Å². The SMILES string of the molecule is COCCSCSc1nc(-c2cc(=O)n(C)cn2)c2c(c1C#N)C(C)CC2. The van der Waals surface area contributed by atoms with Crippen molar-refractivity contribution in [2.75, 3.05) is 24.6 Å². The van der Waals surface area contributed by atoms with E-state index in [2.05, 4.69) is 18.0 Å². The zero-order chi connectivity index (χ0) is 19.4. The van der Waals surface area contributed by atoms with Crippen molar-refractivity contribution in [3.63, 3.8) is 0 Å². The van der Waals surface area contributed by atoms with Crippen molar-refractivity contribution >= 4 is 23.5 Å². The van der Waals surface area contributed by atoms with Gasteiger partial charge in [-0.2, -0.15) is 5.26 Å². The fourth-order valence-corrected chi connectivity index (χ4v) is 5.23. The van der Waals surface area contributed by atoms with Gasteiger partial charge in [-0.15, -0.1) is 11.8 Å². The Labute approximate surface area is 167 Å². The Hall–Kier alpha value is -1.82. The van der Waals surface area contributed by atoms with Crippen LogP contribution in [0.1, 0.15) is 36.0 Å². The molecule has 6 nitrogen and oxygen atoms in total. The Bertz CT molecular complexity index is 937. The third kappa shape index (κ3) is 4.21. The van der Waals surface area contributed by atoms with Gasteiger partial charge in [-0.1, -0.05) is 18.7 Å². The number of pyridine rings is 1. The maximum atomic E-state index is 12.1. The van der Waals surface area contributed by atoms with Gasteiger partial charge in [0.2, 0.25) is 0 Å². The van der Waals surface area contributed by atoms with E-state index < -0.39 is 0 Å². The molecule has 0 amide bonds. The zero-order valence-electron chi connectivity index (χ0n) is 15.7. The van der Waals surface area contributed by atoms with Gasteiger partial charge in [0.25, 0.3) is 5.56 Å². The van der Waals surface area contributed by atoms with Crippen molar-refractivity contribution < 1.29 is 4.74 Å². The van der Waals surface area contributed by atoms with Crippen LogP contribution < -0.4 is 5.56 Å². The number of rotatable bonds is 7. The lowest BCUT2D eigenvalue weighted by atomic mass is 9.97. The fourth-order valence-electron chi connectivity index (χ4n) is 3.23. The first-order valence-electron chi connectivity index (χ1n) is 8.76. The molecule has 2 aromatic rings. The van der Waals surface area contributed by atoms with Gasteiger partial charge in [0.1, 0.15) is 11.1 Å². The predicted octanol–water partition coefficient (Wildman–Crippen LogP) is 3.19. The molecule has 1 aliphatic carbocycles. The minimum Gasteiger partial charge on any atom is -0.384 e. The molecule has 2 heterocycles. The first-order chi connectivity index (χ1) is 13.1. The molecule has 27 heavy (non-hydrogen) atoms. The van der Waals surface area contributed by atoms with E-state index in [1.54, 1.807) is 37.7 Å². The Morgan fingerprint density at radius 1 is 1.48 bits per heavy atom. The van der Waals surface area contributed by atoms with E-state index in [0.717, 1.165) is 45.5 Å². The highest BCUT2D eigenvalue weighted by Crippen LogP contribution is 2.42. The van der Waals surface area contributed by atoms with E-state index >= 15 is 0 Å². The first-order valence-corrected chi connectivity index (χ1v) is 10.9. The molecule has 3 rings (SSSR count). The van der Waals surface area contributed by atoms with Gasteiger partial charge in [0.05, 0.1) is 29.9 Å². The Balaban J connectivity index is 2.03. The second kappa shape index (κ2) is 8.91. The van der Waals surface area contributed by atoms with Gasteiger partial charge in [-0.05, 0) is 29.9 Å². The van der Waals surface area contributed by atoms with Gasteiger partial charge in [0.15, 0.2) is 0 Å². The highest BCUT2D eigenvalue weighted by molar-refractivity contribution is 8.16. The van der Waals surface area contributed by atoms with E-state index in [1.165, 1.54) is 17.0 Å². The molecule has 0 radical (unpaired) electrons. The third-order valence-corrected chi connectivity index (χ3v) is 6.83. The summed E-state index contributed by atoms with van der Waals surface area (Å²) >= 11 is 3.32. The summed E-state index contributed by atoms with van der Waals surface area (Å²) in [7, 11) is 3.37. The van der Waals surface area contributed by atoms with Crippen LogP contribution in [0.25, 0.3) is 11.4 Å². The number of nitriles is 1. The lowest BCUT2D eigenvalue weighted by molar-refractivity contribution is 0.219. The molecule has 1 atom stereocenters. The number of thioether (sulfide) groups is 2. The summed E-state index contributed by atoms with van der Waals surface area (Å²) in [5, 5.41) is 11.3. The smallest absolute Gasteiger partial charge is 0.253 e. The fraction of sp³-hybridized carbons (Fsp3) is 0.474. The third-order valence-electron chi connectivity index (χ3n) is 4.67. The molecule has 0 aromatic carbocycles. The van der Waals surface area contributed by atoms with Crippen molar-refractivity contribution in [3.05, 3.63) is 39.4 Å². The average molecular weight is 403 g/mol. The number of ether oxygens (including phenoxy) is 1. The first kappa shape index (κ1) is 19.9. The van der Waals surface area contributed by atoms with Crippen LogP contribution in [0.4, 0.5) is 0 Å². The molecule has 0 aliphatic heterocycles. The summed E-state index contributed by atoms with van der Waals surface area (Å²) < 4.78 is 6.52. The highest BCUT2D eigenvalue weighted by Gasteiger charge is 2.29. The minimum atomic E-state index is -0.115. The monoisotopic (exact) mass is 402 g/mol. The Kier molecular flexibility index (Phi) is 6.58. The molecule has 0 N–H and O–H groups in total. The van der Waals surface area contributed by atoms with Crippen LogP contribution in [0.2, 0.25) is 0 Å². The Morgan fingerprint density at radius 2 is 2.30 bits per heavy atom. The van der Waals surface area contributed by atoms with Crippen LogP contribution in [-0.4, -0.2) is 39.1 Å². The van der Waals surface area contributed by atoms with Crippen molar-refractivity contribution in [1.82, 2.24) is 14.5 Å².